The molecule has 1 heterocycles. The lowest BCUT2D eigenvalue weighted by atomic mass is 10.1. The molecule has 1 aromatic heterocycles. The quantitative estimate of drug-likeness (QED) is 0.873. The largest absolute Gasteiger partial charge is 0.397 e. The smallest absolute Gasteiger partial charge is 0.266 e. The zero-order chi connectivity index (χ0) is 14.3. The molecule has 0 atom stereocenters. The number of nitrogens with two attached hydrogens (primary N) is 1. The third-order valence-corrected chi connectivity index (χ3v) is 4.81. The molecule has 3 rings (SSSR count). The minimum absolute atomic E-state index is 0.0451. The van der Waals surface area contributed by atoms with Crippen molar-refractivity contribution in [2.75, 3.05) is 12.3 Å². The predicted molar refractivity (Wildman–Crippen MR) is 85.2 cm³/mol. The van der Waals surface area contributed by atoms with Crippen LogP contribution in [0.5, 0.6) is 0 Å². The third kappa shape index (κ3) is 2.20. The van der Waals surface area contributed by atoms with Gasteiger partial charge in [-0.05, 0) is 31.4 Å². The van der Waals surface area contributed by atoms with Gasteiger partial charge in [0, 0.05) is 22.7 Å². The summed E-state index contributed by atoms with van der Waals surface area (Å²) in [5, 5.41) is 0.985. The molecule has 1 fully saturated rings. The Bertz CT molecular complexity index is 685. The Kier molecular flexibility index (Phi) is 3.26. The molecule has 0 spiro atoms. The SMILES string of the molecule is C=CCN(C(=O)c1sc2cc(C)ccc2c1N)C1CC1. The lowest BCUT2D eigenvalue weighted by Gasteiger charge is -2.20. The van der Waals surface area contributed by atoms with Crippen LogP contribution in [-0.2, 0) is 0 Å². The normalized spacial score (nSPS) is 14.4. The number of carbonyl (C=O) groups is 1. The molecular weight excluding hydrogens is 268 g/mol. The van der Waals surface area contributed by atoms with Gasteiger partial charge in [-0.2, -0.15) is 0 Å². The molecule has 3 nitrogen and oxygen atoms in total. The van der Waals surface area contributed by atoms with E-state index in [9.17, 15) is 4.79 Å². The molecule has 0 aliphatic heterocycles. The van der Waals surface area contributed by atoms with Gasteiger partial charge in [-0.25, -0.2) is 0 Å². The van der Waals surface area contributed by atoms with Crippen LogP contribution < -0.4 is 5.73 Å². The van der Waals surface area contributed by atoms with E-state index in [1.54, 1.807) is 6.08 Å². The fraction of sp³-hybridized carbons (Fsp3) is 0.312. The highest BCUT2D eigenvalue weighted by Gasteiger charge is 2.33. The number of hydrogen-bond acceptors (Lipinski definition) is 3. The minimum Gasteiger partial charge on any atom is -0.397 e. The highest BCUT2D eigenvalue weighted by molar-refractivity contribution is 7.21. The molecule has 1 aromatic carbocycles. The van der Waals surface area contributed by atoms with Crippen LogP contribution in [0.3, 0.4) is 0 Å². The summed E-state index contributed by atoms with van der Waals surface area (Å²) >= 11 is 1.50. The molecule has 0 unspecified atom stereocenters. The number of nitrogens with zero attached hydrogens (tertiary/aromatic N) is 1. The Balaban J connectivity index is 2.02. The van der Waals surface area contributed by atoms with Crippen LogP contribution in [0.1, 0.15) is 28.1 Å². The number of benzene rings is 1. The molecule has 0 bridgehead atoms. The van der Waals surface area contributed by atoms with E-state index < -0.39 is 0 Å². The predicted octanol–water partition coefficient (Wildman–Crippen LogP) is 3.58. The molecule has 1 aliphatic rings. The van der Waals surface area contributed by atoms with Gasteiger partial charge in [-0.3, -0.25) is 4.79 Å². The number of fused-ring (bicyclic) bond motifs is 1. The summed E-state index contributed by atoms with van der Waals surface area (Å²) in [6.07, 6.45) is 3.96. The Labute approximate surface area is 122 Å². The first-order chi connectivity index (χ1) is 9.61. The maximum Gasteiger partial charge on any atom is 0.266 e. The van der Waals surface area contributed by atoms with Gasteiger partial charge in [-0.15, -0.1) is 17.9 Å². The van der Waals surface area contributed by atoms with Gasteiger partial charge in [0.2, 0.25) is 0 Å². The van der Waals surface area contributed by atoms with E-state index in [0.29, 0.717) is 23.2 Å². The van der Waals surface area contributed by atoms with E-state index in [-0.39, 0.29) is 5.91 Å². The molecule has 0 radical (unpaired) electrons. The van der Waals surface area contributed by atoms with Crippen molar-refractivity contribution in [2.24, 2.45) is 0 Å². The van der Waals surface area contributed by atoms with Crippen molar-refractivity contribution >= 4 is 33.0 Å². The molecule has 2 aromatic rings. The van der Waals surface area contributed by atoms with Crippen LogP contribution >= 0.6 is 11.3 Å². The fourth-order valence-corrected chi connectivity index (χ4v) is 3.61. The van der Waals surface area contributed by atoms with Crippen LogP contribution in [0.4, 0.5) is 5.69 Å². The topological polar surface area (TPSA) is 46.3 Å². The van der Waals surface area contributed by atoms with Crippen LogP contribution in [-0.4, -0.2) is 23.4 Å². The number of aryl methyl sites for hydroxylation is 1. The van der Waals surface area contributed by atoms with Crippen LogP contribution in [0, 0.1) is 6.92 Å². The van der Waals surface area contributed by atoms with Crippen LogP contribution in [0.2, 0.25) is 0 Å². The first kappa shape index (κ1) is 13.2. The van der Waals surface area contributed by atoms with Crippen molar-refractivity contribution < 1.29 is 4.79 Å². The monoisotopic (exact) mass is 286 g/mol. The maximum atomic E-state index is 12.7. The standard InChI is InChI=1S/C16H18N2OS/c1-3-8-18(11-5-6-11)16(19)15-14(17)12-7-4-10(2)9-13(12)20-15/h3-4,7,9,11H,1,5-6,8,17H2,2H3. The summed E-state index contributed by atoms with van der Waals surface area (Å²) in [4.78, 5) is 15.3. The van der Waals surface area contributed by atoms with Gasteiger partial charge in [-0.1, -0.05) is 18.2 Å². The van der Waals surface area contributed by atoms with Crippen molar-refractivity contribution in [3.05, 3.63) is 41.3 Å². The number of rotatable bonds is 4. The second-order valence-corrected chi connectivity index (χ2v) is 6.37. The summed E-state index contributed by atoms with van der Waals surface area (Å²) in [7, 11) is 0. The third-order valence-electron chi connectivity index (χ3n) is 3.65. The van der Waals surface area contributed by atoms with E-state index >= 15 is 0 Å². The summed E-state index contributed by atoms with van der Waals surface area (Å²) < 4.78 is 1.08. The average molecular weight is 286 g/mol. The summed E-state index contributed by atoms with van der Waals surface area (Å²) in [6, 6.07) is 6.48. The number of amides is 1. The molecule has 1 aliphatic carbocycles. The Morgan fingerprint density at radius 3 is 2.95 bits per heavy atom. The van der Waals surface area contributed by atoms with E-state index in [2.05, 4.69) is 12.6 Å². The van der Waals surface area contributed by atoms with Gasteiger partial charge < -0.3 is 10.6 Å². The van der Waals surface area contributed by atoms with Gasteiger partial charge >= 0.3 is 0 Å². The summed E-state index contributed by atoms with van der Waals surface area (Å²) in [5.41, 5.74) is 7.98. The average Bonchev–Trinajstić information content (AvgIpc) is 3.20. The second-order valence-electron chi connectivity index (χ2n) is 5.32. The molecule has 104 valence electrons. The molecular formula is C16H18N2OS. The van der Waals surface area contributed by atoms with E-state index in [0.717, 1.165) is 22.9 Å². The van der Waals surface area contributed by atoms with Crippen LogP contribution in [0.15, 0.2) is 30.9 Å². The summed E-state index contributed by atoms with van der Waals surface area (Å²) in [5.74, 6) is 0.0451. The minimum atomic E-state index is 0.0451. The lowest BCUT2D eigenvalue weighted by Crippen LogP contribution is -2.33. The maximum absolute atomic E-state index is 12.7. The molecule has 20 heavy (non-hydrogen) atoms. The van der Waals surface area contributed by atoms with E-state index in [1.807, 2.05) is 24.0 Å². The van der Waals surface area contributed by atoms with Crippen LogP contribution in [0.25, 0.3) is 10.1 Å². The lowest BCUT2D eigenvalue weighted by molar-refractivity contribution is 0.0768. The molecule has 2 N–H and O–H groups in total. The number of nitrogen functional groups attached to an aromatic ring is 1. The number of hydrogen-bond donors (Lipinski definition) is 1. The fourth-order valence-electron chi connectivity index (χ4n) is 2.44. The van der Waals surface area contributed by atoms with E-state index in [1.165, 1.54) is 16.9 Å². The highest BCUT2D eigenvalue weighted by Crippen LogP contribution is 2.37. The zero-order valence-electron chi connectivity index (χ0n) is 11.6. The number of anilines is 1. The number of carbonyl (C=O) groups excluding carboxylic acids is 1. The molecule has 0 saturated heterocycles. The zero-order valence-corrected chi connectivity index (χ0v) is 12.4. The highest BCUT2D eigenvalue weighted by atomic mass is 32.1. The second kappa shape index (κ2) is 4.94. The van der Waals surface area contributed by atoms with Crippen molar-refractivity contribution in [1.29, 1.82) is 0 Å². The van der Waals surface area contributed by atoms with Gasteiger partial charge in [0.25, 0.3) is 5.91 Å². The molecule has 1 amide bonds. The summed E-state index contributed by atoms with van der Waals surface area (Å²) in [6.45, 7) is 6.38. The first-order valence-electron chi connectivity index (χ1n) is 6.82. The van der Waals surface area contributed by atoms with Gasteiger partial charge in [0.05, 0.1) is 5.69 Å². The van der Waals surface area contributed by atoms with Gasteiger partial charge in [0.15, 0.2) is 0 Å². The van der Waals surface area contributed by atoms with Crippen molar-refractivity contribution in [1.82, 2.24) is 4.90 Å². The van der Waals surface area contributed by atoms with Gasteiger partial charge in [0.1, 0.15) is 4.88 Å². The Morgan fingerprint density at radius 2 is 2.30 bits per heavy atom. The molecule has 1 saturated carbocycles. The number of thiophene rings is 1. The van der Waals surface area contributed by atoms with Crippen molar-refractivity contribution in [3.8, 4) is 0 Å². The Morgan fingerprint density at radius 1 is 1.55 bits per heavy atom. The van der Waals surface area contributed by atoms with Crippen molar-refractivity contribution in [3.63, 3.8) is 0 Å². The molecule has 4 heteroatoms. The Hall–Kier alpha value is -1.81. The first-order valence-corrected chi connectivity index (χ1v) is 7.64. The van der Waals surface area contributed by atoms with Crippen molar-refractivity contribution in [2.45, 2.75) is 25.8 Å². The van der Waals surface area contributed by atoms with E-state index in [4.69, 9.17) is 5.73 Å².